The summed E-state index contributed by atoms with van der Waals surface area (Å²) < 4.78 is 5.35. The van der Waals surface area contributed by atoms with Gasteiger partial charge in [0.2, 0.25) is 5.91 Å². The van der Waals surface area contributed by atoms with Crippen molar-refractivity contribution in [2.24, 2.45) is 0 Å². The Kier molecular flexibility index (Phi) is 3.81. The van der Waals surface area contributed by atoms with Gasteiger partial charge in [-0.1, -0.05) is 30.3 Å². The largest absolute Gasteiger partial charge is 0.498 e. The molecule has 0 saturated carbocycles. The van der Waals surface area contributed by atoms with Gasteiger partial charge in [-0.05, 0) is 24.1 Å². The lowest BCUT2D eigenvalue weighted by Crippen LogP contribution is -2.47. The number of hydrogen-bond donors (Lipinski definition) is 0. The van der Waals surface area contributed by atoms with E-state index in [1.165, 1.54) is 24.3 Å². The molecular formula is C17H17NO4. The van der Waals surface area contributed by atoms with Crippen molar-refractivity contribution < 1.29 is 19.2 Å². The molecule has 1 fully saturated rings. The molecule has 114 valence electrons. The quantitative estimate of drug-likeness (QED) is 0.855. The number of methoxy groups -OCH3 is 1. The third-order valence-electron chi connectivity index (χ3n) is 3.96. The van der Waals surface area contributed by atoms with Gasteiger partial charge in [-0.25, -0.2) is 5.06 Å². The molecule has 1 spiro atoms. The normalized spacial score (nSPS) is 24.0. The average molecular weight is 299 g/mol. The summed E-state index contributed by atoms with van der Waals surface area (Å²) >= 11 is 0. The predicted molar refractivity (Wildman–Crippen MR) is 79.3 cm³/mol. The van der Waals surface area contributed by atoms with Gasteiger partial charge < -0.3 is 4.74 Å². The molecule has 1 aliphatic heterocycles. The average Bonchev–Trinajstić information content (AvgIpc) is 2.86. The van der Waals surface area contributed by atoms with Crippen LogP contribution in [0, 0.1) is 0 Å². The van der Waals surface area contributed by atoms with Crippen LogP contribution in [0.15, 0.2) is 54.3 Å². The molecule has 1 aliphatic carbocycles. The number of amides is 1. The molecule has 3 rings (SSSR count). The Morgan fingerprint density at radius 2 is 2.00 bits per heavy atom. The molecule has 5 heteroatoms. The summed E-state index contributed by atoms with van der Waals surface area (Å²) in [5.41, 5.74) is 0.158. The highest BCUT2D eigenvalue weighted by Gasteiger charge is 2.50. The van der Waals surface area contributed by atoms with E-state index >= 15 is 0 Å². The minimum absolute atomic E-state index is 0.113. The van der Waals surface area contributed by atoms with Crippen LogP contribution in [0.1, 0.15) is 18.4 Å². The van der Waals surface area contributed by atoms with Crippen molar-refractivity contribution in [2.75, 3.05) is 7.11 Å². The van der Waals surface area contributed by atoms with Crippen LogP contribution in [0.4, 0.5) is 0 Å². The van der Waals surface area contributed by atoms with E-state index < -0.39 is 5.54 Å². The van der Waals surface area contributed by atoms with Crippen molar-refractivity contribution >= 4 is 11.7 Å². The minimum atomic E-state index is -0.811. The molecule has 1 aromatic carbocycles. The van der Waals surface area contributed by atoms with E-state index in [1.807, 2.05) is 30.3 Å². The van der Waals surface area contributed by atoms with E-state index in [2.05, 4.69) is 0 Å². The molecule has 5 nitrogen and oxygen atoms in total. The Morgan fingerprint density at radius 1 is 1.23 bits per heavy atom. The van der Waals surface area contributed by atoms with Crippen molar-refractivity contribution in [3.8, 4) is 0 Å². The van der Waals surface area contributed by atoms with Crippen molar-refractivity contribution in [1.82, 2.24) is 5.06 Å². The molecule has 1 atom stereocenters. The second-order valence-electron chi connectivity index (χ2n) is 5.32. The van der Waals surface area contributed by atoms with Crippen LogP contribution in [0.2, 0.25) is 0 Å². The fourth-order valence-corrected chi connectivity index (χ4v) is 2.84. The number of carbonyl (C=O) groups excluding carboxylic acids is 2. The maximum atomic E-state index is 12.2. The van der Waals surface area contributed by atoms with E-state index in [-0.39, 0.29) is 18.3 Å². The van der Waals surface area contributed by atoms with E-state index in [0.717, 1.165) is 5.56 Å². The molecule has 0 bridgehead atoms. The molecule has 2 aliphatic rings. The van der Waals surface area contributed by atoms with Crippen molar-refractivity contribution in [2.45, 2.75) is 25.0 Å². The van der Waals surface area contributed by atoms with Crippen LogP contribution in [0.3, 0.4) is 0 Å². The number of allylic oxidation sites excluding steroid dienone is 2. The number of ether oxygens (including phenoxy) is 1. The Hall–Kier alpha value is -2.40. The van der Waals surface area contributed by atoms with E-state index in [9.17, 15) is 9.59 Å². The Labute approximate surface area is 128 Å². The lowest BCUT2D eigenvalue weighted by atomic mass is 9.89. The third-order valence-corrected chi connectivity index (χ3v) is 3.96. The molecule has 1 heterocycles. The zero-order valence-corrected chi connectivity index (χ0v) is 12.3. The van der Waals surface area contributed by atoms with E-state index in [1.54, 1.807) is 6.08 Å². The highest BCUT2D eigenvalue weighted by atomic mass is 16.7. The van der Waals surface area contributed by atoms with E-state index in [4.69, 9.17) is 9.57 Å². The van der Waals surface area contributed by atoms with E-state index in [0.29, 0.717) is 18.6 Å². The fourth-order valence-electron chi connectivity index (χ4n) is 2.84. The highest BCUT2D eigenvalue weighted by molar-refractivity contribution is 6.01. The lowest BCUT2D eigenvalue weighted by Gasteiger charge is -2.36. The van der Waals surface area contributed by atoms with Crippen LogP contribution >= 0.6 is 0 Å². The first-order valence-corrected chi connectivity index (χ1v) is 7.15. The van der Waals surface area contributed by atoms with Gasteiger partial charge in [0.05, 0.1) is 7.11 Å². The minimum Gasteiger partial charge on any atom is -0.498 e. The molecule has 0 radical (unpaired) electrons. The van der Waals surface area contributed by atoms with Gasteiger partial charge >= 0.3 is 0 Å². The summed E-state index contributed by atoms with van der Waals surface area (Å²) in [7, 11) is 1.50. The molecule has 1 amide bonds. The van der Waals surface area contributed by atoms with Gasteiger partial charge in [0, 0.05) is 12.5 Å². The standard InChI is InChI=1S/C17H17NO4/c1-21-15-11-14(19)7-9-17(15)10-8-16(20)18(17)22-12-13-5-3-2-4-6-13/h2-7,9,11H,8,10,12H2,1H3/t17-/m0/s1. The molecule has 22 heavy (non-hydrogen) atoms. The summed E-state index contributed by atoms with van der Waals surface area (Å²) in [6.45, 7) is 0.285. The predicted octanol–water partition coefficient (Wildman–Crippen LogP) is 2.15. The van der Waals surface area contributed by atoms with Crippen LogP contribution < -0.4 is 0 Å². The summed E-state index contributed by atoms with van der Waals surface area (Å²) in [6, 6.07) is 9.62. The second kappa shape index (κ2) is 5.77. The van der Waals surface area contributed by atoms with Crippen molar-refractivity contribution in [3.05, 3.63) is 59.9 Å². The number of hydroxylamine groups is 2. The van der Waals surface area contributed by atoms with Crippen molar-refractivity contribution in [1.29, 1.82) is 0 Å². The number of benzene rings is 1. The molecule has 1 aromatic rings. The number of nitrogens with zero attached hydrogens (tertiary/aromatic N) is 1. The van der Waals surface area contributed by atoms with Crippen LogP contribution in [0.5, 0.6) is 0 Å². The smallest absolute Gasteiger partial charge is 0.247 e. The van der Waals surface area contributed by atoms with Crippen LogP contribution in [-0.2, 0) is 25.8 Å². The van der Waals surface area contributed by atoms with Gasteiger partial charge in [-0.2, -0.15) is 0 Å². The molecular weight excluding hydrogens is 282 g/mol. The molecule has 0 unspecified atom stereocenters. The van der Waals surface area contributed by atoms with Gasteiger partial charge in [-0.15, -0.1) is 0 Å². The second-order valence-corrected chi connectivity index (χ2v) is 5.32. The van der Waals surface area contributed by atoms with Crippen LogP contribution in [0.25, 0.3) is 0 Å². The number of rotatable bonds is 4. The lowest BCUT2D eigenvalue weighted by molar-refractivity contribution is -0.206. The van der Waals surface area contributed by atoms with Gasteiger partial charge in [-0.3, -0.25) is 14.4 Å². The summed E-state index contributed by atoms with van der Waals surface area (Å²) in [6.07, 6.45) is 5.46. The summed E-state index contributed by atoms with van der Waals surface area (Å²) in [5.74, 6) is 0.182. The first-order chi connectivity index (χ1) is 10.7. The first kappa shape index (κ1) is 14.5. The summed E-state index contributed by atoms with van der Waals surface area (Å²) in [5, 5.41) is 1.35. The topological polar surface area (TPSA) is 55.8 Å². The molecule has 0 N–H and O–H groups in total. The van der Waals surface area contributed by atoms with Crippen LogP contribution in [-0.4, -0.2) is 29.4 Å². The zero-order valence-electron chi connectivity index (χ0n) is 12.3. The number of hydrogen-bond acceptors (Lipinski definition) is 4. The SMILES string of the molecule is COC1=CC(=O)C=C[C@]12CCC(=O)N2OCc1ccccc1. The number of ketones is 1. The monoisotopic (exact) mass is 299 g/mol. The third kappa shape index (κ3) is 2.44. The summed E-state index contributed by atoms with van der Waals surface area (Å²) in [4.78, 5) is 29.5. The van der Waals surface area contributed by atoms with Crippen molar-refractivity contribution in [3.63, 3.8) is 0 Å². The molecule has 0 aromatic heterocycles. The number of carbonyl (C=O) groups is 2. The maximum absolute atomic E-state index is 12.2. The Balaban J connectivity index is 1.84. The highest BCUT2D eigenvalue weighted by Crippen LogP contribution is 2.40. The first-order valence-electron chi connectivity index (χ1n) is 7.15. The van der Waals surface area contributed by atoms with Gasteiger partial charge in [0.1, 0.15) is 17.9 Å². The Morgan fingerprint density at radius 3 is 2.73 bits per heavy atom. The fraction of sp³-hybridized carbons (Fsp3) is 0.294. The Bertz CT molecular complexity index is 650. The maximum Gasteiger partial charge on any atom is 0.247 e. The molecule has 1 saturated heterocycles. The zero-order chi connectivity index (χ0) is 15.6. The van der Waals surface area contributed by atoms with Gasteiger partial charge in [0.15, 0.2) is 5.78 Å². The van der Waals surface area contributed by atoms with Gasteiger partial charge in [0.25, 0.3) is 0 Å².